The standard InChI is InChI=1S/C16H19N7O2S/c1-9(2)12-8-26-16(19-12)20-15(25)18-11-6-23(7-13(11)24)14-4-3-10(5-17)21-22-14/h3-4,8-9,11,13,24H,6-7H2,1-2H3,(H2,18,19,20,25)/t11-,13-/m0/s1. The zero-order chi connectivity index (χ0) is 18.7. The van der Waals surface area contributed by atoms with Crippen LogP contribution in [0.15, 0.2) is 17.5 Å². The summed E-state index contributed by atoms with van der Waals surface area (Å²) >= 11 is 1.37. The number of urea groups is 1. The van der Waals surface area contributed by atoms with Gasteiger partial charge in [0.15, 0.2) is 16.6 Å². The van der Waals surface area contributed by atoms with Crippen LogP contribution in [0.25, 0.3) is 0 Å². The highest BCUT2D eigenvalue weighted by Crippen LogP contribution is 2.22. The molecule has 0 spiro atoms. The van der Waals surface area contributed by atoms with Crippen LogP contribution >= 0.6 is 11.3 Å². The van der Waals surface area contributed by atoms with Crippen LogP contribution in [0.4, 0.5) is 15.7 Å². The average molecular weight is 373 g/mol. The Hall–Kier alpha value is -2.77. The second-order valence-corrected chi connectivity index (χ2v) is 7.16. The number of rotatable bonds is 4. The molecule has 0 unspecified atom stereocenters. The third kappa shape index (κ3) is 4.07. The van der Waals surface area contributed by atoms with Crippen molar-refractivity contribution in [1.82, 2.24) is 20.5 Å². The SMILES string of the molecule is CC(C)c1csc(NC(=O)N[C@H]2CN(c3ccc(C#N)nn3)C[C@@H]2O)n1. The molecule has 1 saturated heterocycles. The predicted octanol–water partition coefficient (Wildman–Crippen LogP) is 1.30. The summed E-state index contributed by atoms with van der Waals surface area (Å²) in [7, 11) is 0. The van der Waals surface area contributed by atoms with Gasteiger partial charge in [-0.05, 0) is 18.1 Å². The van der Waals surface area contributed by atoms with Crippen LogP contribution in [0.1, 0.15) is 31.2 Å². The van der Waals surface area contributed by atoms with Gasteiger partial charge >= 0.3 is 6.03 Å². The first-order chi connectivity index (χ1) is 12.5. The van der Waals surface area contributed by atoms with E-state index in [1.54, 1.807) is 12.1 Å². The summed E-state index contributed by atoms with van der Waals surface area (Å²) < 4.78 is 0. The van der Waals surface area contributed by atoms with Crippen LogP contribution in [-0.4, -0.2) is 51.6 Å². The fourth-order valence-corrected chi connectivity index (χ4v) is 3.45. The minimum absolute atomic E-state index is 0.228. The van der Waals surface area contributed by atoms with Crippen molar-refractivity contribution in [3.63, 3.8) is 0 Å². The second-order valence-electron chi connectivity index (χ2n) is 6.30. The number of nitrogens with one attached hydrogen (secondary N) is 2. The Labute approximate surface area is 154 Å². The molecule has 3 heterocycles. The van der Waals surface area contributed by atoms with E-state index < -0.39 is 18.2 Å². The average Bonchev–Trinajstić information content (AvgIpc) is 3.22. The van der Waals surface area contributed by atoms with E-state index in [0.29, 0.717) is 30.0 Å². The maximum absolute atomic E-state index is 12.2. The molecule has 0 radical (unpaired) electrons. The lowest BCUT2D eigenvalue weighted by atomic mass is 10.2. The number of aliphatic hydroxyl groups is 1. The van der Waals surface area contributed by atoms with Gasteiger partial charge in [-0.15, -0.1) is 21.5 Å². The zero-order valence-electron chi connectivity index (χ0n) is 14.4. The van der Waals surface area contributed by atoms with Gasteiger partial charge in [0, 0.05) is 18.5 Å². The number of nitrogens with zero attached hydrogens (tertiary/aromatic N) is 5. The van der Waals surface area contributed by atoms with Crippen LogP contribution < -0.4 is 15.5 Å². The van der Waals surface area contributed by atoms with E-state index in [2.05, 4.69) is 25.8 Å². The number of hydrogen-bond donors (Lipinski definition) is 3. The highest BCUT2D eigenvalue weighted by Gasteiger charge is 2.33. The summed E-state index contributed by atoms with van der Waals surface area (Å²) in [4.78, 5) is 18.3. The lowest BCUT2D eigenvalue weighted by Gasteiger charge is -2.17. The van der Waals surface area contributed by atoms with Crippen molar-refractivity contribution in [3.8, 4) is 6.07 Å². The fraction of sp³-hybridized carbons (Fsp3) is 0.438. The van der Waals surface area contributed by atoms with Crippen LogP contribution in [-0.2, 0) is 0 Å². The molecule has 2 aromatic rings. The minimum atomic E-state index is -0.735. The Morgan fingerprint density at radius 3 is 2.85 bits per heavy atom. The number of carbonyl (C=O) groups excluding carboxylic acids is 1. The van der Waals surface area contributed by atoms with E-state index in [0.717, 1.165) is 5.69 Å². The molecule has 1 aliphatic heterocycles. The molecule has 1 aliphatic rings. The first-order valence-electron chi connectivity index (χ1n) is 8.16. The summed E-state index contributed by atoms with van der Waals surface area (Å²) in [5.74, 6) is 0.845. The zero-order valence-corrected chi connectivity index (χ0v) is 15.2. The molecule has 2 atom stereocenters. The molecule has 0 bridgehead atoms. The number of amides is 2. The van der Waals surface area contributed by atoms with E-state index in [9.17, 15) is 9.90 Å². The molecular formula is C16H19N7O2S. The Morgan fingerprint density at radius 1 is 1.42 bits per heavy atom. The van der Waals surface area contributed by atoms with Crippen LogP contribution in [0.2, 0.25) is 0 Å². The van der Waals surface area contributed by atoms with Crippen molar-refractivity contribution >= 4 is 28.3 Å². The van der Waals surface area contributed by atoms with E-state index in [4.69, 9.17) is 5.26 Å². The number of nitriles is 1. The molecule has 9 nitrogen and oxygen atoms in total. The van der Waals surface area contributed by atoms with Crippen molar-refractivity contribution in [2.45, 2.75) is 31.9 Å². The fourth-order valence-electron chi connectivity index (χ4n) is 2.58. The van der Waals surface area contributed by atoms with Crippen molar-refractivity contribution in [2.75, 3.05) is 23.3 Å². The molecule has 0 aromatic carbocycles. The molecule has 2 amide bonds. The highest BCUT2D eigenvalue weighted by atomic mass is 32.1. The molecule has 3 rings (SSSR count). The van der Waals surface area contributed by atoms with Gasteiger partial charge in [-0.1, -0.05) is 13.8 Å². The molecule has 1 fully saturated rings. The van der Waals surface area contributed by atoms with E-state index >= 15 is 0 Å². The molecule has 0 aliphatic carbocycles. The maximum Gasteiger partial charge on any atom is 0.321 e. The van der Waals surface area contributed by atoms with Crippen molar-refractivity contribution in [1.29, 1.82) is 5.26 Å². The normalized spacial score (nSPS) is 19.4. The van der Waals surface area contributed by atoms with Gasteiger partial charge in [0.25, 0.3) is 0 Å². The van der Waals surface area contributed by atoms with Gasteiger partial charge in [0.1, 0.15) is 6.07 Å². The van der Waals surface area contributed by atoms with Crippen molar-refractivity contribution < 1.29 is 9.90 Å². The van der Waals surface area contributed by atoms with Gasteiger partial charge in [-0.25, -0.2) is 9.78 Å². The third-order valence-corrected chi connectivity index (χ3v) is 4.80. The van der Waals surface area contributed by atoms with Crippen LogP contribution in [0.5, 0.6) is 0 Å². The molecule has 26 heavy (non-hydrogen) atoms. The number of aliphatic hydroxyl groups excluding tert-OH is 1. The van der Waals surface area contributed by atoms with Crippen molar-refractivity contribution in [2.24, 2.45) is 0 Å². The Kier molecular flexibility index (Phi) is 5.29. The molecule has 0 saturated carbocycles. The Balaban J connectivity index is 1.57. The third-order valence-electron chi connectivity index (χ3n) is 4.03. The summed E-state index contributed by atoms with van der Waals surface area (Å²) in [6, 6.07) is 4.29. The molecular weight excluding hydrogens is 354 g/mol. The van der Waals surface area contributed by atoms with Gasteiger partial charge in [0.2, 0.25) is 0 Å². The minimum Gasteiger partial charge on any atom is -0.389 e. The van der Waals surface area contributed by atoms with Gasteiger partial charge in [-0.3, -0.25) is 5.32 Å². The number of hydrogen-bond acceptors (Lipinski definition) is 8. The van der Waals surface area contributed by atoms with Gasteiger partial charge < -0.3 is 15.3 Å². The number of carbonyl (C=O) groups is 1. The van der Waals surface area contributed by atoms with Crippen LogP contribution in [0.3, 0.4) is 0 Å². The summed E-state index contributed by atoms with van der Waals surface area (Å²) in [6.07, 6.45) is -0.735. The second kappa shape index (κ2) is 7.63. The number of anilines is 2. The Morgan fingerprint density at radius 2 is 2.23 bits per heavy atom. The molecule has 3 N–H and O–H groups in total. The van der Waals surface area contributed by atoms with E-state index in [1.807, 2.05) is 30.2 Å². The van der Waals surface area contributed by atoms with Crippen molar-refractivity contribution in [3.05, 3.63) is 28.9 Å². The summed E-state index contributed by atoms with van der Waals surface area (Å²) in [6.45, 7) is 4.79. The van der Waals surface area contributed by atoms with E-state index in [-0.39, 0.29) is 5.69 Å². The van der Waals surface area contributed by atoms with E-state index in [1.165, 1.54) is 11.3 Å². The largest absolute Gasteiger partial charge is 0.389 e. The Bertz CT molecular complexity index is 815. The molecule has 136 valence electrons. The smallest absolute Gasteiger partial charge is 0.321 e. The number of thiazole rings is 1. The molecule has 10 heteroatoms. The maximum atomic E-state index is 12.2. The lowest BCUT2D eigenvalue weighted by molar-refractivity contribution is 0.165. The number of β-amino-alcohol motifs (C(OH)–C–C–N with tert-alkyl or cyclic N) is 1. The van der Waals surface area contributed by atoms with Gasteiger partial charge in [0.05, 0.1) is 17.8 Å². The monoisotopic (exact) mass is 373 g/mol. The first-order valence-corrected chi connectivity index (χ1v) is 9.04. The highest BCUT2D eigenvalue weighted by molar-refractivity contribution is 7.13. The predicted molar refractivity (Wildman–Crippen MR) is 97.1 cm³/mol. The summed E-state index contributed by atoms with van der Waals surface area (Å²) in [5, 5.41) is 34.6. The first kappa shape index (κ1) is 18.0. The number of aromatic nitrogens is 3. The quantitative estimate of drug-likeness (QED) is 0.737. The molecule has 2 aromatic heterocycles. The summed E-state index contributed by atoms with van der Waals surface area (Å²) in [5.41, 5.74) is 1.16. The topological polar surface area (TPSA) is 127 Å². The van der Waals surface area contributed by atoms with Crippen LogP contribution in [0, 0.1) is 11.3 Å². The van der Waals surface area contributed by atoms with Gasteiger partial charge in [-0.2, -0.15) is 5.26 Å². The lowest BCUT2D eigenvalue weighted by Crippen LogP contribution is -2.44.